The maximum absolute atomic E-state index is 6.55. The molecule has 2 heterocycles. The Bertz CT molecular complexity index is 389. The summed E-state index contributed by atoms with van der Waals surface area (Å²) in [6, 6.07) is 9.26. The fraction of sp³-hybridized carbons (Fsp3) is 0.538. The number of methoxy groups -OCH3 is 1. The largest absolute Gasteiger partial charge is 0.497 e. The maximum atomic E-state index is 6.55. The Morgan fingerprint density at radius 3 is 2.56 bits per heavy atom. The summed E-state index contributed by atoms with van der Waals surface area (Å²) in [5.74, 6) is 0.892. The van der Waals surface area contributed by atoms with E-state index in [1.807, 2.05) is 12.1 Å². The number of ether oxygens (including phenoxy) is 1. The number of benzene rings is 1. The second-order valence-electron chi connectivity index (χ2n) is 4.97. The molecule has 2 aliphatic heterocycles. The molecule has 16 heavy (non-hydrogen) atoms. The molecule has 1 aromatic carbocycles. The topological polar surface area (TPSA) is 47.3 Å². The number of rotatable bonds is 2. The summed E-state index contributed by atoms with van der Waals surface area (Å²) < 4.78 is 5.17. The van der Waals surface area contributed by atoms with Crippen LogP contribution in [-0.2, 0) is 5.54 Å². The molecule has 2 bridgehead atoms. The molecule has 0 aliphatic carbocycles. The van der Waals surface area contributed by atoms with E-state index in [1.165, 1.54) is 18.4 Å². The van der Waals surface area contributed by atoms with E-state index in [2.05, 4.69) is 17.4 Å². The Balaban J connectivity index is 1.91. The second kappa shape index (κ2) is 3.47. The van der Waals surface area contributed by atoms with Crippen molar-refractivity contribution in [2.45, 2.75) is 36.9 Å². The van der Waals surface area contributed by atoms with Gasteiger partial charge in [-0.25, -0.2) is 0 Å². The zero-order valence-corrected chi connectivity index (χ0v) is 9.57. The first-order valence-electron chi connectivity index (χ1n) is 5.92. The zero-order chi connectivity index (χ0) is 11.2. The van der Waals surface area contributed by atoms with Gasteiger partial charge >= 0.3 is 0 Å². The third kappa shape index (κ3) is 1.35. The van der Waals surface area contributed by atoms with E-state index >= 15 is 0 Å². The molecule has 2 saturated heterocycles. The van der Waals surface area contributed by atoms with Crippen LogP contribution in [0.5, 0.6) is 5.75 Å². The minimum atomic E-state index is -0.171. The van der Waals surface area contributed by atoms with Gasteiger partial charge in [-0.2, -0.15) is 0 Å². The summed E-state index contributed by atoms with van der Waals surface area (Å²) in [6.45, 7) is 0. The van der Waals surface area contributed by atoms with Crippen molar-refractivity contribution in [3.8, 4) is 5.75 Å². The van der Waals surface area contributed by atoms with Gasteiger partial charge in [-0.15, -0.1) is 0 Å². The molecule has 2 fully saturated rings. The zero-order valence-electron chi connectivity index (χ0n) is 9.57. The van der Waals surface area contributed by atoms with Gasteiger partial charge in [0.05, 0.1) is 12.6 Å². The van der Waals surface area contributed by atoms with E-state index < -0.39 is 0 Å². The fourth-order valence-electron chi connectivity index (χ4n) is 3.16. The molecule has 3 heteroatoms. The van der Waals surface area contributed by atoms with Crippen LogP contribution in [0.25, 0.3) is 0 Å². The Morgan fingerprint density at radius 2 is 2.06 bits per heavy atom. The number of fused-ring (bicyclic) bond motifs is 2. The fourth-order valence-corrected chi connectivity index (χ4v) is 3.16. The van der Waals surface area contributed by atoms with Gasteiger partial charge in [-0.05, 0) is 37.0 Å². The molecule has 0 saturated carbocycles. The van der Waals surface area contributed by atoms with Crippen molar-refractivity contribution >= 4 is 0 Å². The highest BCUT2D eigenvalue weighted by atomic mass is 16.5. The third-order valence-corrected chi connectivity index (χ3v) is 4.07. The standard InChI is InChI=1S/C13H18N2O/c1-16-11-5-2-9(3-6-11)13(14)8-10-4-7-12(13)15-10/h2-3,5-6,10,12,15H,4,7-8,14H2,1H3. The minimum Gasteiger partial charge on any atom is -0.497 e. The molecule has 86 valence electrons. The smallest absolute Gasteiger partial charge is 0.118 e. The highest BCUT2D eigenvalue weighted by molar-refractivity contribution is 5.35. The van der Waals surface area contributed by atoms with E-state index in [0.717, 1.165) is 12.2 Å². The molecule has 3 unspecified atom stereocenters. The lowest BCUT2D eigenvalue weighted by Crippen LogP contribution is -2.47. The molecule has 0 aromatic heterocycles. The molecular formula is C13H18N2O. The van der Waals surface area contributed by atoms with Crippen LogP contribution < -0.4 is 15.8 Å². The lowest BCUT2D eigenvalue weighted by Gasteiger charge is -2.33. The van der Waals surface area contributed by atoms with Crippen LogP contribution in [0.3, 0.4) is 0 Å². The van der Waals surface area contributed by atoms with Gasteiger partial charge < -0.3 is 15.8 Å². The van der Waals surface area contributed by atoms with Crippen LogP contribution in [0.2, 0.25) is 0 Å². The van der Waals surface area contributed by atoms with Gasteiger partial charge in [0.25, 0.3) is 0 Å². The first-order valence-corrected chi connectivity index (χ1v) is 5.92. The van der Waals surface area contributed by atoms with Crippen LogP contribution in [0.1, 0.15) is 24.8 Å². The number of hydrogen-bond donors (Lipinski definition) is 2. The lowest BCUT2D eigenvalue weighted by molar-refractivity contribution is 0.342. The summed E-state index contributed by atoms with van der Waals surface area (Å²) in [5, 5.41) is 3.59. The summed E-state index contributed by atoms with van der Waals surface area (Å²) in [7, 11) is 1.69. The molecule has 3 nitrogen and oxygen atoms in total. The van der Waals surface area contributed by atoms with Crippen LogP contribution in [0.15, 0.2) is 24.3 Å². The molecule has 3 N–H and O–H groups in total. The van der Waals surface area contributed by atoms with Crippen molar-refractivity contribution < 1.29 is 4.74 Å². The maximum Gasteiger partial charge on any atom is 0.118 e. The first-order chi connectivity index (χ1) is 7.72. The van der Waals surface area contributed by atoms with Gasteiger partial charge in [0.15, 0.2) is 0 Å². The average Bonchev–Trinajstić information content (AvgIpc) is 2.89. The quantitative estimate of drug-likeness (QED) is 0.788. The monoisotopic (exact) mass is 218 g/mol. The predicted octanol–water partition coefficient (Wildman–Crippen LogP) is 1.37. The van der Waals surface area contributed by atoms with Gasteiger partial charge in [0.1, 0.15) is 5.75 Å². The van der Waals surface area contributed by atoms with Gasteiger partial charge in [-0.1, -0.05) is 12.1 Å². The highest BCUT2D eigenvalue weighted by Crippen LogP contribution is 2.41. The molecular weight excluding hydrogens is 200 g/mol. The predicted molar refractivity (Wildman–Crippen MR) is 63.4 cm³/mol. The Morgan fingerprint density at radius 1 is 1.31 bits per heavy atom. The van der Waals surface area contributed by atoms with Crippen LogP contribution in [-0.4, -0.2) is 19.2 Å². The normalized spacial score (nSPS) is 36.6. The van der Waals surface area contributed by atoms with Crippen molar-refractivity contribution in [3.05, 3.63) is 29.8 Å². The van der Waals surface area contributed by atoms with E-state index in [4.69, 9.17) is 10.5 Å². The van der Waals surface area contributed by atoms with E-state index in [9.17, 15) is 0 Å². The van der Waals surface area contributed by atoms with E-state index in [1.54, 1.807) is 7.11 Å². The van der Waals surface area contributed by atoms with Crippen molar-refractivity contribution in [1.82, 2.24) is 5.32 Å². The van der Waals surface area contributed by atoms with Crippen LogP contribution >= 0.6 is 0 Å². The van der Waals surface area contributed by atoms with Crippen molar-refractivity contribution in [2.75, 3.05) is 7.11 Å². The first kappa shape index (κ1) is 10.1. The number of nitrogens with one attached hydrogen (secondary N) is 1. The summed E-state index contributed by atoms with van der Waals surface area (Å²) in [6.07, 6.45) is 3.54. The summed E-state index contributed by atoms with van der Waals surface area (Å²) >= 11 is 0. The average molecular weight is 218 g/mol. The number of nitrogens with two attached hydrogens (primary N) is 1. The molecule has 0 amide bonds. The van der Waals surface area contributed by atoms with Gasteiger partial charge in [0.2, 0.25) is 0 Å². The second-order valence-corrected chi connectivity index (χ2v) is 4.97. The van der Waals surface area contributed by atoms with Gasteiger partial charge in [-0.3, -0.25) is 0 Å². The molecule has 2 aliphatic rings. The molecule has 3 atom stereocenters. The van der Waals surface area contributed by atoms with Crippen LogP contribution in [0, 0.1) is 0 Å². The molecule has 0 spiro atoms. The van der Waals surface area contributed by atoms with Gasteiger partial charge in [0, 0.05) is 12.1 Å². The Kier molecular flexibility index (Phi) is 2.19. The van der Waals surface area contributed by atoms with Crippen molar-refractivity contribution in [2.24, 2.45) is 5.73 Å². The Labute approximate surface area is 96.0 Å². The molecule has 3 rings (SSSR count). The summed E-state index contributed by atoms with van der Waals surface area (Å²) in [5.41, 5.74) is 7.61. The van der Waals surface area contributed by atoms with E-state index in [0.29, 0.717) is 12.1 Å². The van der Waals surface area contributed by atoms with E-state index in [-0.39, 0.29) is 5.54 Å². The van der Waals surface area contributed by atoms with Crippen molar-refractivity contribution in [1.29, 1.82) is 0 Å². The highest BCUT2D eigenvalue weighted by Gasteiger charge is 2.49. The molecule has 0 radical (unpaired) electrons. The SMILES string of the molecule is COc1ccc(C2(N)CC3CCC2N3)cc1. The number of hydrogen-bond acceptors (Lipinski definition) is 3. The van der Waals surface area contributed by atoms with Crippen molar-refractivity contribution in [3.63, 3.8) is 0 Å². The minimum absolute atomic E-state index is 0.171. The molecule has 1 aromatic rings. The Hall–Kier alpha value is -1.06. The lowest BCUT2D eigenvalue weighted by atomic mass is 9.77. The third-order valence-electron chi connectivity index (χ3n) is 4.07. The van der Waals surface area contributed by atoms with Crippen LogP contribution in [0.4, 0.5) is 0 Å². The summed E-state index contributed by atoms with van der Waals surface area (Å²) in [4.78, 5) is 0.